The molecule has 7 heteroatoms. The fourth-order valence-corrected chi connectivity index (χ4v) is 3.59. The molecule has 2 N–H and O–H groups in total. The molecule has 0 aromatic carbocycles. The zero-order valence-corrected chi connectivity index (χ0v) is 13.9. The van der Waals surface area contributed by atoms with Gasteiger partial charge in [-0.05, 0) is 38.3 Å². The van der Waals surface area contributed by atoms with Crippen LogP contribution in [0.2, 0.25) is 0 Å². The first-order valence-electron chi connectivity index (χ1n) is 8.50. The summed E-state index contributed by atoms with van der Waals surface area (Å²) >= 11 is 0. The van der Waals surface area contributed by atoms with Gasteiger partial charge in [0.05, 0.1) is 18.6 Å². The van der Waals surface area contributed by atoms with Crippen molar-refractivity contribution in [2.75, 3.05) is 19.7 Å². The lowest BCUT2D eigenvalue weighted by Gasteiger charge is -2.35. The number of carbonyl (C=O) groups excluding carboxylic acids is 1. The van der Waals surface area contributed by atoms with Gasteiger partial charge in [0.25, 0.3) is 0 Å². The van der Waals surface area contributed by atoms with Crippen molar-refractivity contribution in [1.29, 1.82) is 0 Å². The summed E-state index contributed by atoms with van der Waals surface area (Å²) < 4.78 is 11.0. The van der Waals surface area contributed by atoms with Crippen molar-refractivity contribution >= 4 is 5.91 Å². The lowest BCUT2D eigenvalue weighted by molar-refractivity contribution is -0.124. The van der Waals surface area contributed by atoms with E-state index in [4.69, 9.17) is 15.0 Å². The molecule has 2 fully saturated rings. The highest BCUT2D eigenvalue weighted by molar-refractivity contribution is 5.77. The molecule has 23 heavy (non-hydrogen) atoms. The van der Waals surface area contributed by atoms with Crippen molar-refractivity contribution < 1.29 is 14.1 Å². The Bertz CT molecular complexity index is 537. The number of aromatic nitrogens is 2. The molecule has 2 aliphatic rings. The van der Waals surface area contributed by atoms with Crippen LogP contribution in [-0.4, -0.2) is 46.7 Å². The first-order chi connectivity index (χ1) is 11.0. The second kappa shape index (κ2) is 6.97. The Morgan fingerprint density at radius 3 is 2.70 bits per heavy atom. The zero-order chi connectivity index (χ0) is 16.4. The molecule has 3 heterocycles. The lowest BCUT2D eigenvalue weighted by atomic mass is 9.84. The highest BCUT2D eigenvalue weighted by Gasteiger charge is 2.39. The third kappa shape index (κ3) is 3.72. The average molecular weight is 322 g/mol. The van der Waals surface area contributed by atoms with Crippen LogP contribution in [0.1, 0.15) is 50.7 Å². The molecular formula is C16H26N4O3. The van der Waals surface area contributed by atoms with Gasteiger partial charge in [0.15, 0.2) is 5.82 Å². The summed E-state index contributed by atoms with van der Waals surface area (Å²) in [4.78, 5) is 18.3. The summed E-state index contributed by atoms with van der Waals surface area (Å²) in [6.07, 6.45) is 2.81. The van der Waals surface area contributed by atoms with Crippen LogP contribution < -0.4 is 5.73 Å². The van der Waals surface area contributed by atoms with E-state index in [0.29, 0.717) is 25.0 Å². The number of piperidine rings is 1. The van der Waals surface area contributed by atoms with Crippen LogP contribution in [0.15, 0.2) is 4.52 Å². The second-order valence-corrected chi connectivity index (χ2v) is 6.95. The van der Waals surface area contributed by atoms with Gasteiger partial charge in [-0.3, -0.25) is 9.69 Å². The SMILES string of the molecule is CC(C)c1nc(CN2CCC([C@H]3OCC[C@@H]3C(N)=O)CC2)no1. The van der Waals surface area contributed by atoms with Gasteiger partial charge in [0, 0.05) is 12.5 Å². The summed E-state index contributed by atoms with van der Waals surface area (Å²) in [5.41, 5.74) is 5.49. The van der Waals surface area contributed by atoms with E-state index in [1.807, 2.05) is 13.8 Å². The first kappa shape index (κ1) is 16.4. The number of hydrogen-bond acceptors (Lipinski definition) is 6. The minimum atomic E-state index is -0.219. The van der Waals surface area contributed by atoms with Crippen LogP contribution in [0.3, 0.4) is 0 Å². The van der Waals surface area contributed by atoms with Crippen LogP contribution in [0.25, 0.3) is 0 Å². The summed E-state index contributed by atoms with van der Waals surface area (Å²) in [6.45, 7) is 7.37. The third-order valence-corrected chi connectivity index (χ3v) is 4.94. The Balaban J connectivity index is 1.51. The van der Waals surface area contributed by atoms with Crippen LogP contribution >= 0.6 is 0 Å². The topological polar surface area (TPSA) is 94.5 Å². The number of primary amides is 1. The van der Waals surface area contributed by atoms with E-state index in [1.165, 1.54) is 0 Å². The molecule has 2 saturated heterocycles. The van der Waals surface area contributed by atoms with Crippen molar-refractivity contribution in [3.8, 4) is 0 Å². The maximum atomic E-state index is 11.5. The van der Waals surface area contributed by atoms with Crippen LogP contribution in [0.4, 0.5) is 0 Å². The van der Waals surface area contributed by atoms with Crippen LogP contribution in [-0.2, 0) is 16.1 Å². The number of amides is 1. The fourth-order valence-electron chi connectivity index (χ4n) is 3.59. The number of ether oxygens (including phenoxy) is 1. The molecule has 0 bridgehead atoms. The number of carbonyl (C=O) groups is 1. The van der Waals surface area contributed by atoms with Crippen molar-refractivity contribution in [2.45, 2.75) is 51.7 Å². The summed E-state index contributed by atoms with van der Waals surface area (Å²) in [5, 5.41) is 4.05. The minimum Gasteiger partial charge on any atom is -0.377 e. The third-order valence-electron chi connectivity index (χ3n) is 4.94. The molecule has 3 rings (SSSR count). The Morgan fingerprint density at radius 2 is 2.09 bits per heavy atom. The Morgan fingerprint density at radius 1 is 1.35 bits per heavy atom. The largest absolute Gasteiger partial charge is 0.377 e. The average Bonchev–Trinajstić information content (AvgIpc) is 3.17. The molecule has 128 valence electrons. The summed E-state index contributed by atoms with van der Waals surface area (Å²) in [6, 6.07) is 0. The molecule has 1 aromatic rings. The van der Waals surface area contributed by atoms with E-state index in [2.05, 4.69) is 15.0 Å². The number of rotatable bonds is 5. The van der Waals surface area contributed by atoms with Gasteiger partial charge in [-0.2, -0.15) is 4.98 Å². The summed E-state index contributed by atoms with van der Waals surface area (Å²) in [5.74, 6) is 1.79. The lowest BCUT2D eigenvalue weighted by Crippen LogP contribution is -2.42. The predicted molar refractivity (Wildman–Crippen MR) is 83.4 cm³/mol. The molecule has 0 spiro atoms. The fraction of sp³-hybridized carbons (Fsp3) is 0.812. The van der Waals surface area contributed by atoms with E-state index >= 15 is 0 Å². The Hall–Kier alpha value is -1.47. The van der Waals surface area contributed by atoms with Crippen molar-refractivity contribution in [2.24, 2.45) is 17.6 Å². The summed E-state index contributed by atoms with van der Waals surface area (Å²) in [7, 11) is 0. The van der Waals surface area contributed by atoms with Crippen LogP contribution in [0.5, 0.6) is 0 Å². The Kier molecular flexibility index (Phi) is 4.96. The maximum absolute atomic E-state index is 11.5. The van der Waals surface area contributed by atoms with E-state index in [0.717, 1.165) is 38.2 Å². The number of likely N-dealkylation sites (tertiary alicyclic amines) is 1. The minimum absolute atomic E-state index is 0.00682. The van der Waals surface area contributed by atoms with Gasteiger partial charge in [-0.25, -0.2) is 0 Å². The van der Waals surface area contributed by atoms with Crippen molar-refractivity contribution in [1.82, 2.24) is 15.0 Å². The highest BCUT2D eigenvalue weighted by Crippen LogP contribution is 2.33. The predicted octanol–water partition coefficient (Wildman–Crippen LogP) is 1.30. The monoisotopic (exact) mass is 322 g/mol. The number of nitrogens with two attached hydrogens (primary N) is 1. The van der Waals surface area contributed by atoms with Crippen molar-refractivity contribution in [3.05, 3.63) is 11.7 Å². The molecule has 2 aliphatic heterocycles. The standard InChI is InChI=1S/C16H26N4O3/c1-10(2)16-18-13(19-23-16)9-20-6-3-11(4-7-20)14-12(15(17)21)5-8-22-14/h10-12,14H,3-9H2,1-2H3,(H2,17,21)/t12-,14+/m0/s1. The first-order valence-corrected chi connectivity index (χ1v) is 8.50. The van der Waals surface area contributed by atoms with E-state index in [9.17, 15) is 4.79 Å². The molecule has 0 aliphatic carbocycles. The van der Waals surface area contributed by atoms with Crippen molar-refractivity contribution in [3.63, 3.8) is 0 Å². The second-order valence-electron chi connectivity index (χ2n) is 6.95. The molecule has 0 radical (unpaired) electrons. The normalized spacial score (nSPS) is 26.9. The molecule has 7 nitrogen and oxygen atoms in total. The van der Waals surface area contributed by atoms with Gasteiger partial charge in [-0.15, -0.1) is 0 Å². The van der Waals surface area contributed by atoms with Crippen LogP contribution in [0, 0.1) is 11.8 Å². The highest BCUT2D eigenvalue weighted by atomic mass is 16.5. The molecule has 1 amide bonds. The molecule has 1 aromatic heterocycles. The quantitative estimate of drug-likeness (QED) is 0.878. The van der Waals surface area contributed by atoms with E-state index < -0.39 is 0 Å². The van der Waals surface area contributed by atoms with Gasteiger partial charge in [0.1, 0.15) is 0 Å². The van der Waals surface area contributed by atoms with Gasteiger partial charge in [0.2, 0.25) is 11.8 Å². The molecule has 2 atom stereocenters. The number of nitrogens with zero attached hydrogens (tertiary/aromatic N) is 3. The Labute approximate surface area is 136 Å². The van der Waals surface area contributed by atoms with Gasteiger partial charge in [-0.1, -0.05) is 19.0 Å². The zero-order valence-electron chi connectivity index (χ0n) is 13.9. The molecular weight excluding hydrogens is 296 g/mol. The smallest absolute Gasteiger partial charge is 0.229 e. The van der Waals surface area contributed by atoms with Gasteiger partial charge >= 0.3 is 0 Å². The number of hydrogen-bond donors (Lipinski definition) is 1. The van der Waals surface area contributed by atoms with E-state index in [1.54, 1.807) is 0 Å². The molecule has 0 unspecified atom stereocenters. The van der Waals surface area contributed by atoms with Gasteiger partial charge < -0.3 is 15.0 Å². The maximum Gasteiger partial charge on any atom is 0.229 e. The molecule has 0 saturated carbocycles. The van der Waals surface area contributed by atoms with E-state index in [-0.39, 0.29) is 23.8 Å².